The molecule has 0 aromatic heterocycles. The Morgan fingerprint density at radius 2 is 2.06 bits per heavy atom. The lowest BCUT2D eigenvalue weighted by Crippen LogP contribution is -2.35. The Kier molecular flexibility index (Phi) is 3.40. The average molecular weight is 244 g/mol. The number of benzene rings is 1. The van der Waals surface area contributed by atoms with Crippen molar-refractivity contribution in [3.8, 4) is 0 Å². The zero-order chi connectivity index (χ0) is 12.4. The summed E-state index contributed by atoms with van der Waals surface area (Å²) in [7, 11) is 0. The maximum absolute atomic E-state index is 3.76. The Labute approximate surface area is 110 Å². The Morgan fingerprint density at radius 1 is 1.28 bits per heavy atom. The summed E-state index contributed by atoms with van der Waals surface area (Å²) in [6.45, 7) is 7.18. The molecular weight excluding hydrogens is 220 g/mol. The molecule has 0 radical (unpaired) electrons. The van der Waals surface area contributed by atoms with Gasteiger partial charge in [-0.2, -0.15) is 0 Å². The van der Waals surface area contributed by atoms with E-state index in [0.29, 0.717) is 11.5 Å². The van der Waals surface area contributed by atoms with Crippen LogP contribution in [0.4, 0.5) is 0 Å². The molecule has 0 bridgehead atoms. The van der Waals surface area contributed by atoms with Gasteiger partial charge in [-0.05, 0) is 30.2 Å². The molecule has 2 fully saturated rings. The highest BCUT2D eigenvalue weighted by Crippen LogP contribution is 2.44. The fourth-order valence-electron chi connectivity index (χ4n) is 2.77. The first-order valence-corrected chi connectivity index (χ1v) is 7.23. The van der Waals surface area contributed by atoms with Gasteiger partial charge >= 0.3 is 0 Å². The van der Waals surface area contributed by atoms with E-state index in [4.69, 9.17) is 0 Å². The largest absolute Gasteiger partial charge is 0.312 e. The maximum atomic E-state index is 3.76. The highest BCUT2D eigenvalue weighted by atomic mass is 15.2. The number of hydrogen-bond acceptors (Lipinski definition) is 2. The van der Waals surface area contributed by atoms with Crippen LogP contribution >= 0.6 is 0 Å². The lowest BCUT2D eigenvalue weighted by atomic mass is 10.1. The maximum Gasteiger partial charge on any atom is 0.0234 e. The monoisotopic (exact) mass is 244 g/mol. The van der Waals surface area contributed by atoms with Gasteiger partial charge in [-0.25, -0.2) is 0 Å². The second-order valence-corrected chi connectivity index (χ2v) is 6.40. The van der Waals surface area contributed by atoms with E-state index in [2.05, 4.69) is 47.5 Å². The van der Waals surface area contributed by atoms with Crippen molar-refractivity contribution in [1.82, 2.24) is 10.2 Å². The van der Waals surface area contributed by atoms with Gasteiger partial charge < -0.3 is 5.32 Å². The van der Waals surface area contributed by atoms with Crippen LogP contribution in [0.5, 0.6) is 0 Å². The van der Waals surface area contributed by atoms with E-state index in [-0.39, 0.29) is 0 Å². The first-order chi connectivity index (χ1) is 8.73. The highest BCUT2D eigenvalue weighted by molar-refractivity contribution is 5.14. The first-order valence-electron chi connectivity index (χ1n) is 7.23. The van der Waals surface area contributed by atoms with Crippen LogP contribution in [0.1, 0.15) is 31.7 Å². The zero-order valence-electron chi connectivity index (χ0n) is 11.4. The fraction of sp³-hybridized carbons (Fsp3) is 0.625. The molecule has 1 atom stereocenters. The Morgan fingerprint density at radius 3 is 2.78 bits per heavy atom. The fourth-order valence-corrected chi connectivity index (χ4v) is 2.77. The minimum absolute atomic E-state index is 0.632. The molecule has 3 rings (SSSR count). The van der Waals surface area contributed by atoms with Crippen molar-refractivity contribution in [3.05, 3.63) is 35.9 Å². The van der Waals surface area contributed by atoms with Gasteiger partial charge in [0.05, 0.1) is 0 Å². The third kappa shape index (κ3) is 3.12. The second kappa shape index (κ2) is 5.02. The van der Waals surface area contributed by atoms with Crippen LogP contribution in [-0.4, -0.2) is 30.6 Å². The molecule has 0 spiro atoms. The minimum atomic E-state index is 0.632. The zero-order valence-corrected chi connectivity index (χ0v) is 11.4. The quantitative estimate of drug-likeness (QED) is 0.856. The Balaban J connectivity index is 1.44. The molecule has 2 nitrogen and oxygen atoms in total. The van der Waals surface area contributed by atoms with Gasteiger partial charge in [0, 0.05) is 32.2 Å². The van der Waals surface area contributed by atoms with Crippen molar-refractivity contribution >= 4 is 0 Å². The Hall–Kier alpha value is -0.860. The van der Waals surface area contributed by atoms with Crippen molar-refractivity contribution in [2.75, 3.05) is 19.6 Å². The van der Waals surface area contributed by atoms with Crippen LogP contribution < -0.4 is 5.32 Å². The van der Waals surface area contributed by atoms with Crippen LogP contribution in [-0.2, 0) is 6.54 Å². The van der Waals surface area contributed by atoms with E-state index < -0.39 is 0 Å². The van der Waals surface area contributed by atoms with Crippen molar-refractivity contribution in [2.45, 2.75) is 38.8 Å². The average Bonchev–Trinajstić information content (AvgIpc) is 2.96. The third-order valence-electron chi connectivity index (χ3n) is 4.44. The summed E-state index contributed by atoms with van der Waals surface area (Å²) in [6.07, 6.45) is 4.14. The predicted molar refractivity (Wildman–Crippen MR) is 75.5 cm³/mol. The number of hydrogen-bond donors (Lipinski definition) is 1. The summed E-state index contributed by atoms with van der Waals surface area (Å²) in [5.41, 5.74) is 2.07. The second-order valence-electron chi connectivity index (χ2n) is 6.40. The van der Waals surface area contributed by atoms with E-state index >= 15 is 0 Å². The van der Waals surface area contributed by atoms with Crippen molar-refractivity contribution in [3.63, 3.8) is 0 Å². The van der Waals surface area contributed by atoms with Crippen molar-refractivity contribution in [2.24, 2.45) is 5.41 Å². The molecule has 1 aliphatic heterocycles. The van der Waals surface area contributed by atoms with Gasteiger partial charge in [0.25, 0.3) is 0 Å². The number of nitrogens with one attached hydrogen (secondary N) is 1. The summed E-state index contributed by atoms with van der Waals surface area (Å²) in [5, 5.41) is 3.76. The van der Waals surface area contributed by atoms with Crippen LogP contribution in [0.25, 0.3) is 0 Å². The summed E-state index contributed by atoms with van der Waals surface area (Å²) in [5.74, 6) is 0. The molecule has 1 saturated heterocycles. The number of rotatable bonds is 5. The third-order valence-corrected chi connectivity index (χ3v) is 4.44. The van der Waals surface area contributed by atoms with Crippen molar-refractivity contribution < 1.29 is 0 Å². The van der Waals surface area contributed by atoms with Crippen molar-refractivity contribution in [1.29, 1.82) is 0 Å². The molecule has 1 heterocycles. The van der Waals surface area contributed by atoms with Gasteiger partial charge in [0.2, 0.25) is 0 Å². The molecule has 0 amide bonds. The molecule has 2 aliphatic rings. The molecule has 18 heavy (non-hydrogen) atoms. The summed E-state index contributed by atoms with van der Waals surface area (Å²) >= 11 is 0. The summed E-state index contributed by atoms with van der Waals surface area (Å²) in [6, 6.07) is 11.5. The number of likely N-dealkylation sites (tertiary alicyclic amines) is 1. The normalized spacial score (nSPS) is 26.4. The molecule has 1 aromatic rings. The van der Waals surface area contributed by atoms with E-state index in [1.54, 1.807) is 0 Å². The molecule has 1 aliphatic carbocycles. The summed E-state index contributed by atoms with van der Waals surface area (Å²) in [4.78, 5) is 2.57. The van der Waals surface area contributed by atoms with Crippen LogP contribution in [0.3, 0.4) is 0 Å². The smallest absolute Gasteiger partial charge is 0.0234 e. The van der Waals surface area contributed by atoms with E-state index in [9.17, 15) is 0 Å². The van der Waals surface area contributed by atoms with Crippen LogP contribution in [0.15, 0.2) is 30.3 Å². The van der Waals surface area contributed by atoms with Gasteiger partial charge in [-0.1, -0.05) is 37.3 Å². The van der Waals surface area contributed by atoms with Gasteiger partial charge in [0.15, 0.2) is 0 Å². The Bertz CT molecular complexity index is 383. The summed E-state index contributed by atoms with van der Waals surface area (Å²) < 4.78 is 0. The van der Waals surface area contributed by atoms with Crippen LogP contribution in [0.2, 0.25) is 0 Å². The van der Waals surface area contributed by atoms with Gasteiger partial charge in [-0.3, -0.25) is 4.90 Å². The molecule has 1 unspecified atom stereocenters. The molecule has 1 aromatic carbocycles. The standard InChI is InChI=1S/C16H24N2/c1-16(8-9-16)13-17-15-7-10-18(12-15)11-14-5-3-2-4-6-14/h2-6,15,17H,7-13H2,1H3. The lowest BCUT2D eigenvalue weighted by molar-refractivity contribution is 0.316. The minimum Gasteiger partial charge on any atom is -0.312 e. The van der Waals surface area contributed by atoms with Gasteiger partial charge in [0.1, 0.15) is 0 Å². The lowest BCUT2D eigenvalue weighted by Gasteiger charge is -2.18. The molecular formula is C16H24N2. The molecule has 2 heteroatoms. The predicted octanol–water partition coefficient (Wildman–Crippen LogP) is 2.65. The molecule has 98 valence electrons. The SMILES string of the molecule is CC1(CNC2CCN(Cc3ccccc3)C2)CC1. The highest BCUT2D eigenvalue weighted by Gasteiger charge is 2.37. The first kappa shape index (κ1) is 12.2. The molecule has 1 N–H and O–H groups in total. The van der Waals surface area contributed by atoms with E-state index in [0.717, 1.165) is 6.54 Å². The van der Waals surface area contributed by atoms with Crippen LogP contribution in [0, 0.1) is 5.41 Å². The van der Waals surface area contributed by atoms with E-state index in [1.165, 1.54) is 44.5 Å². The number of nitrogens with zero attached hydrogens (tertiary/aromatic N) is 1. The van der Waals surface area contributed by atoms with Gasteiger partial charge in [-0.15, -0.1) is 0 Å². The molecule has 1 saturated carbocycles. The van der Waals surface area contributed by atoms with E-state index in [1.807, 2.05) is 0 Å². The topological polar surface area (TPSA) is 15.3 Å².